The third kappa shape index (κ3) is 4.03. The Kier molecular flexibility index (Phi) is 4.54. The number of hydrogen-bond donors (Lipinski definition) is 1. The van der Waals surface area contributed by atoms with E-state index in [4.69, 9.17) is 0 Å². The van der Waals surface area contributed by atoms with Crippen molar-refractivity contribution in [1.82, 2.24) is 15.0 Å². The Balaban J connectivity index is 2.49. The van der Waals surface area contributed by atoms with Gasteiger partial charge in [-0.25, -0.2) is 14.4 Å². The molecular formula is C15H14F4N4O. The molecule has 0 spiro atoms. The Morgan fingerprint density at radius 3 is 2.33 bits per heavy atom. The monoisotopic (exact) mass is 342 g/mol. The Bertz CT molecular complexity index is 769. The summed E-state index contributed by atoms with van der Waals surface area (Å²) in [6.45, 7) is 4.68. The number of rotatable bonds is 2. The van der Waals surface area contributed by atoms with Gasteiger partial charge in [0.15, 0.2) is 11.5 Å². The number of nitrogens with one attached hydrogen (secondary N) is 1. The van der Waals surface area contributed by atoms with Crippen molar-refractivity contribution in [3.05, 3.63) is 36.2 Å². The fraction of sp³-hybridized carbons (Fsp3) is 0.333. The second-order valence-electron chi connectivity index (χ2n) is 6.05. The van der Waals surface area contributed by atoms with E-state index in [1.807, 2.05) is 0 Å². The molecule has 0 atom stereocenters. The predicted octanol–water partition coefficient (Wildman–Crippen LogP) is 3.68. The minimum absolute atomic E-state index is 0.00537. The van der Waals surface area contributed by atoms with Crippen molar-refractivity contribution in [3.8, 4) is 11.4 Å². The van der Waals surface area contributed by atoms with Crippen molar-refractivity contribution in [3.63, 3.8) is 0 Å². The maximum atomic E-state index is 13.2. The number of carbonyl (C=O) groups excluding carboxylic acids is 1. The van der Waals surface area contributed by atoms with Crippen LogP contribution in [0.1, 0.15) is 26.5 Å². The van der Waals surface area contributed by atoms with Crippen LogP contribution in [-0.2, 0) is 11.0 Å². The van der Waals surface area contributed by atoms with E-state index >= 15 is 0 Å². The van der Waals surface area contributed by atoms with E-state index in [2.05, 4.69) is 20.3 Å². The van der Waals surface area contributed by atoms with E-state index < -0.39 is 34.7 Å². The molecule has 24 heavy (non-hydrogen) atoms. The molecule has 5 nitrogen and oxygen atoms in total. The number of carbonyl (C=O) groups is 1. The SMILES string of the molecule is CC(C)(C)C(=O)Nc1cnc(-c2cncc(F)c2)nc1C(F)(F)F. The third-order valence-electron chi connectivity index (χ3n) is 2.95. The minimum atomic E-state index is -4.82. The van der Waals surface area contributed by atoms with Crippen LogP contribution in [0.2, 0.25) is 0 Å². The normalized spacial score (nSPS) is 12.1. The standard InChI is InChI=1S/C15H14F4N4O/c1-14(2,3)13(24)22-10-7-21-12(23-11(10)15(17,18)19)8-4-9(16)6-20-5-8/h4-7H,1-3H3,(H,22,24). The van der Waals surface area contributed by atoms with Crippen LogP contribution in [0.4, 0.5) is 23.2 Å². The van der Waals surface area contributed by atoms with E-state index in [9.17, 15) is 22.4 Å². The molecule has 0 aliphatic carbocycles. The van der Waals surface area contributed by atoms with Crippen molar-refractivity contribution in [2.45, 2.75) is 26.9 Å². The van der Waals surface area contributed by atoms with Gasteiger partial charge in [-0.1, -0.05) is 20.8 Å². The summed E-state index contributed by atoms with van der Waals surface area (Å²) in [5.74, 6) is -1.69. The van der Waals surface area contributed by atoms with Gasteiger partial charge >= 0.3 is 6.18 Å². The lowest BCUT2D eigenvalue weighted by Gasteiger charge is -2.19. The topological polar surface area (TPSA) is 67.8 Å². The molecule has 1 N–H and O–H groups in total. The van der Waals surface area contributed by atoms with Crippen molar-refractivity contribution in [1.29, 1.82) is 0 Å². The van der Waals surface area contributed by atoms with Gasteiger partial charge in [-0.15, -0.1) is 0 Å². The van der Waals surface area contributed by atoms with Crippen LogP contribution in [0.25, 0.3) is 11.4 Å². The largest absolute Gasteiger partial charge is 0.435 e. The first-order valence-electron chi connectivity index (χ1n) is 6.85. The average Bonchev–Trinajstić information content (AvgIpc) is 2.45. The van der Waals surface area contributed by atoms with Crippen LogP contribution in [0.5, 0.6) is 0 Å². The molecule has 2 aromatic rings. The van der Waals surface area contributed by atoms with Gasteiger partial charge in [-0.3, -0.25) is 9.78 Å². The minimum Gasteiger partial charge on any atom is -0.322 e. The highest BCUT2D eigenvalue weighted by atomic mass is 19.4. The molecule has 0 aromatic carbocycles. The number of hydrogen-bond acceptors (Lipinski definition) is 4. The van der Waals surface area contributed by atoms with Crippen molar-refractivity contribution in [2.24, 2.45) is 5.41 Å². The maximum Gasteiger partial charge on any atom is 0.435 e. The van der Waals surface area contributed by atoms with Gasteiger partial charge in [0.25, 0.3) is 0 Å². The molecule has 0 saturated carbocycles. The zero-order chi connectivity index (χ0) is 18.1. The third-order valence-corrected chi connectivity index (χ3v) is 2.95. The fourth-order valence-corrected chi connectivity index (χ4v) is 1.67. The van der Waals surface area contributed by atoms with Crippen LogP contribution in [0.15, 0.2) is 24.7 Å². The van der Waals surface area contributed by atoms with Crippen molar-refractivity contribution < 1.29 is 22.4 Å². The highest BCUT2D eigenvalue weighted by Crippen LogP contribution is 2.34. The lowest BCUT2D eigenvalue weighted by molar-refractivity contribution is -0.140. The average molecular weight is 342 g/mol. The van der Waals surface area contributed by atoms with Crippen molar-refractivity contribution in [2.75, 3.05) is 5.32 Å². The zero-order valence-electron chi connectivity index (χ0n) is 13.1. The maximum absolute atomic E-state index is 13.2. The van der Waals surface area contributed by atoms with Crippen LogP contribution in [0.3, 0.4) is 0 Å². The lowest BCUT2D eigenvalue weighted by Crippen LogP contribution is -2.29. The summed E-state index contributed by atoms with van der Waals surface area (Å²) >= 11 is 0. The van der Waals surface area contributed by atoms with Gasteiger partial charge in [-0.05, 0) is 6.07 Å². The molecule has 2 aromatic heterocycles. The number of alkyl halides is 3. The number of aromatic nitrogens is 3. The summed E-state index contributed by atoms with van der Waals surface area (Å²) in [7, 11) is 0. The van der Waals surface area contributed by atoms with Crippen LogP contribution < -0.4 is 5.32 Å². The molecule has 0 bridgehead atoms. The first-order valence-corrected chi connectivity index (χ1v) is 6.85. The summed E-state index contributed by atoms with van der Waals surface area (Å²) in [6.07, 6.45) is -1.92. The smallest absolute Gasteiger partial charge is 0.322 e. The fourth-order valence-electron chi connectivity index (χ4n) is 1.67. The van der Waals surface area contributed by atoms with E-state index in [1.54, 1.807) is 20.8 Å². The molecule has 2 heterocycles. The summed E-state index contributed by atoms with van der Waals surface area (Å²) in [4.78, 5) is 22.7. The molecule has 0 radical (unpaired) electrons. The summed E-state index contributed by atoms with van der Waals surface area (Å²) in [5.41, 5.74) is -2.77. The molecule has 1 amide bonds. The highest BCUT2D eigenvalue weighted by molar-refractivity contribution is 5.95. The summed E-state index contributed by atoms with van der Waals surface area (Å²) in [5, 5.41) is 2.17. The Labute approximate surface area is 135 Å². The van der Waals surface area contributed by atoms with E-state index in [0.29, 0.717) is 0 Å². The van der Waals surface area contributed by atoms with E-state index in [1.165, 1.54) is 0 Å². The Morgan fingerprint density at radius 2 is 1.79 bits per heavy atom. The van der Waals surface area contributed by atoms with E-state index in [0.717, 1.165) is 24.7 Å². The lowest BCUT2D eigenvalue weighted by atomic mass is 9.95. The van der Waals surface area contributed by atoms with Gasteiger partial charge in [0, 0.05) is 17.2 Å². The summed E-state index contributed by atoms with van der Waals surface area (Å²) < 4.78 is 52.9. The van der Waals surface area contributed by atoms with Crippen LogP contribution in [-0.4, -0.2) is 20.9 Å². The molecule has 9 heteroatoms. The number of halogens is 4. The first-order chi connectivity index (χ1) is 11.0. The number of pyridine rings is 1. The van der Waals surface area contributed by atoms with Gasteiger partial charge in [0.05, 0.1) is 18.1 Å². The second kappa shape index (κ2) is 6.14. The molecule has 0 saturated heterocycles. The van der Waals surface area contributed by atoms with E-state index in [-0.39, 0.29) is 11.4 Å². The molecular weight excluding hydrogens is 328 g/mol. The van der Waals surface area contributed by atoms with Gasteiger partial charge in [-0.2, -0.15) is 13.2 Å². The van der Waals surface area contributed by atoms with Gasteiger partial charge < -0.3 is 5.32 Å². The molecule has 128 valence electrons. The van der Waals surface area contributed by atoms with Crippen molar-refractivity contribution >= 4 is 11.6 Å². The van der Waals surface area contributed by atoms with Crippen LogP contribution >= 0.6 is 0 Å². The molecule has 0 aliphatic heterocycles. The molecule has 0 aliphatic rings. The number of anilines is 1. The number of nitrogens with zero attached hydrogens (tertiary/aromatic N) is 3. The number of amides is 1. The second-order valence-corrected chi connectivity index (χ2v) is 6.05. The first kappa shape index (κ1) is 17.8. The van der Waals surface area contributed by atoms with Gasteiger partial charge in [0.1, 0.15) is 5.82 Å². The molecule has 2 rings (SSSR count). The quantitative estimate of drug-likeness (QED) is 0.846. The highest BCUT2D eigenvalue weighted by Gasteiger charge is 2.37. The summed E-state index contributed by atoms with van der Waals surface area (Å²) in [6, 6.07) is 0.968. The van der Waals surface area contributed by atoms with Gasteiger partial charge in [0.2, 0.25) is 5.91 Å². The van der Waals surface area contributed by atoms with Crippen LogP contribution in [0, 0.1) is 11.2 Å². The Morgan fingerprint density at radius 1 is 1.12 bits per heavy atom. The molecule has 0 fully saturated rings. The molecule has 0 unspecified atom stereocenters. The zero-order valence-corrected chi connectivity index (χ0v) is 13.1. The predicted molar refractivity (Wildman–Crippen MR) is 78.3 cm³/mol. The Hall–Kier alpha value is -2.58.